The van der Waals surface area contributed by atoms with Gasteiger partial charge in [0.25, 0.3) is 11.9 Å². The molecule has 0 spiro atoms. The van der Waals surface area contributed by atoms with Gasteiger partial charge in [0.15, 0.2) is 17.2 Å². The Balaban J connectivity index is 1.60. The highest BCUT2D eigenvalue weighted by Gasteiger charge is 2.23. The summed E-state index contributed by atoms with van der Waals surface area (Å²) in [6, 6.07) is 13.5. The van der Waals surface area contributed by atoms with Crippen LogP contribution in [0.5, 0.6) is 0 Å². The van der Waals surface area contributed by atoms with E-state index in [9.17, 15) is 4.79 Å². The zero-order valence-electron chi connectivity index (χ0n) is 17.1. The monoisotopic (exact) mass is 418 g/mol. The van der Waals surface area contributed by atoms with Crippen LogP contribution < -0.4 is 10.2 Å². The minimum Gasteiger partial charge on any atom is -0.445 e. The summed E-state index contributed by atoms with van der Waals surface area (Å²) in [4.78, 5) is 23.8. The number of anilines is 1. The number of hydrogen-bond donors (Lipinski definition) is 1. The molecule has 31 heavy (non-hydrogen) atoms. The number of rotatable bonds is 5. The van der Waals surface area contributed by atoms with Crippen LogP contribution in [0.1, 0.15) is 17.5 Å². The second-order valence-corrected chi connectivity index (χ2v) is 7.14. The summed E-state index contributed by atoms with van der Waals surface area (Å²) < 4.78 is 13.0. The lowest BCUT2D eigenvalue weighted by Gasteiger charge is -2.27. The van der Waals surface area contributed by atoms with E-state index in [0.29, 0.717) is 55.7 Å². The van der Waals surface area contributed by atoms with Gasteiger partial charge in [-0.3, -0.25) is 4.79 Å². The van der Waals surface area contributed by atoms with Gasteiger partial charge in [-0.2, -0.15) is 10.1 Å². The van der Waals surface area contributed by atoms with Crippen molar-refractivity contribution in [2.45, 2.75) is 6.92 Å². The molecule has 1 fully saturated rings. The lowest BCUT2D eigenvalue weighted by atomic mass is 10.2. The number of aromatic nitrogens is 4. The molecule has 3 aromatic heterocycles. The fourth-order valence-corrected chi connectivity index (χ4v) is 3.55. The van der Waals surface area contributed by atoms with Crippen molar-refractivity contribution in [3.8, 4) is 17.2 Å². The summed E-state index contributed by atoms with van der Waals surface area (Å²) in [5.74, 6) is 0.985. The number of morpholine rings is 1. The van der Waals surface area contributed by atoms with E-state index in [4.69, 9.17) is 14.1 Å². The maximum atomic E-state index is 12.3. The van der Waals surface area contributed by atoms with Gasteiger partial charge >= 0.3 is 0 Å². The molecule has 1 amide bonds. The van der Waals surface area contributed by atoms with Gasteiger partial charge in [-0.1, -0.05) is 30.3 Å². The number of nitrogens with one attached hydrogen (secondary N) is 1. The first-order valence-electron chi connectivity index (χ1n) is 10.3. The molecule has 0 saturated carbocycles. The number of carbonyl (C=O) groups is 1. The van der Waals surface area contributed by atoms with Crippen LogP contribution in [0.25, 0.3) is 28.3 Å². The molecule has 9 nitrogen and oxygen atoms in total. The van der Waals surface area contributed by atoms with E-state index in [-0.39, 0.29) is 11.7 Å². The smallest absolute Gasteiger partial charge is 0.287 e. The van der Waals surface area contributed by atoms with Crippen molar-refractivity contribution in [1.82, 2.24) is 25.1 Å². The fourth-order valence-electron chi connectivity index (χ4n) is 3.55. The van der Waals surface area contributed by atoms with Crippen LogP contribution in [-0.4, -0.2) is 58.5 Å². The highest BCUT2D eigenvalue weighted by atomic mass is 16.5. The van der Waals surface area contributed by atoms with Gasteiger partial charge in [0.2, 0.25) is 0 Å². The second-order valence-electron chi connectivity index (χ2n) is 7.14. The molecule has 0 aliphatic carbocycles. The molecule has 1 aliphatic heterocycles. The maximum absolute atomic E-state index is 12.3. The number of carbonyl (C=O) groups excluding carboxylic acids is 1. The van der Waals surface area contributed by atoms with E-state index in [1.165, 1.54) is 0 Å². The highest BCUT2D eigenvalue weighted by molar-refractivity contribution is 5.97. The minimum absolute atomic E-state index is 0.211. The van der Waals surface area contributed by atoms with Gasteiger partial charge in [0, 0.05) is 37.5 Å². The molecule has 1 N–H and O–H groups in total. The average molecular weight is 418 g/mol. The Morgan fingerprint density at radius 2 is 1.94 bits per heavy atom. The lowest BCUT2D eigenvalue weighted by Crippen LogP contribution is -2.37. The first-order chi connectivity index (χ1) is 15.2. The number of amides is 1. The van der Waals surface area contributed by atoms with Crippen LogP contribution in [0.4, 0.5) is 5.82 Å². The van der Waals surface area contributed by atoms with E-state index in [0.717, 1.165) is 11.3 Å². The predicted molar refractivity (Wildman–Crippen MR) is 115 cm³/mol. The molecule has 158 valence electrons. The number of ether oxygens (including phenoxy) is 1. The largest absolute Gasteiger partial charge is 0.445 e. The van der Waals surface area contributed by atoms with E-state index in [1.54, 1.807) is 10.7 Å². The third kappa shape index (κ3) is 3.75. The molecule has 4 heterocycles. The van der Waals surface area contributed by atoms with Gasteiger partial charge in [-0.05, 0) is 13.0 Å². The Kier molecular flexibility index (Phi) is 5.09. The average Bonchev–Trinajstić information content (AvgIpc) is 3.47. The van der Waals surface area contributed by atoms with Crippen LogP contribution in [-0.2, 0) is 4.74 Å². The zero-order valence-corrected chi connectivity index (χ0v) is 17.1. The number of furan rings is 1. The van der Waals surface area contributed by atoms with E-state index in [1.807, 2.05) is 49.5 Å². The number of nitrogens with zero attached hydrogens (tertiary/aromatic N) is 5. The number of fused-ring (bicyclic) bond motifs is 1. The molecule has 0 radical (unpaired) electrons. The molecule has 1 aromatic carbocycles. The van der Waals surface area contributed by atoms with Gasteiger partial charge in [-0.25, -0.2) is 9.67 Å². The van der Waals surface area contributed by atoms with Crippen LogP contribution in [0.15, 0.2) is 53.1 Å². The quantitative estimate of drug-likeness (QED) is 0.532. The molecular weight excluding hydrogens is 396 g/mol. The third-order valence-corrected chi connectivity index (χ3v) is 5.08. The molecular formula is C22H22N6O3. The summed E-state index contributed by atoms with van der Waals surface area (Å²) in [5, 5.41) is 7.41. The zero-order chi connectivity index (χ0) is 21.2. The van der Waals surface area contributed by atoms with Gasteiger partial charge in [0.1, 0.15) is 5.52 Å². The fraction of sp³-hybridized carbons (Fsp3) is 0.273. The Labute approximate surface area is 178 Å². The molecule has 0 unspecified atom stereocenters. The molecule has 0 atom stereocenters. The lowest BCUT2D eigenvalue weighted by molar-refractivity contribution is 0.0930. The Morgan fingerprint density at radius 3 is 2.71 bits per heavy atom. The van der Waals surface area contributed by atoms with Crippen LogP contribution in [0.3, 0.4) is 0 Å². The molecule has 0 bridgehead atoms. The standard InChI is InChI=1S/C22H22N6O3/c1-2-23-21(29)18-14-17-19(31-18)20(27-10-12-30-13-11-27)25-22(24-17)28-9-8-16(26-28)15-6-4-3-5-7-15/h3-9,14H,2,10-13H2,1H3,(H,23,29). The van der Waals surface area contributed by atoms with Gasteiger partial charge in [0.05, 0.1) is 18.9 Å². The van der Waals surface area contributed by atoms with Crippen LogP contribution in [0.2, 0.25) is 0 Å². The summed E-state index contributed by atoms with van der Waals surface area (Å²) in [6.45, 7) is 4.93. The summed E-state index contributed by atoms with van der Waals surface area (Å²) >= 11 is 0. The maximum Gasteiger partial charge on any atom is 0.287 e. The van der Waals surface area contributed by atoms with Gasteiger partial charge < -0.3 is 19.4 Å². The second kappa shape index (κ2) is 8.19. The van der Waals surface area contributed by atoms with Crippen molar-refractivity contribution in [3.05, 3.63) is 54.4 Å². The van der Waals surface area contributed by atoms with Crippen molar-refractivity contribution in [3.63, 3.8) is 0 Å². The summed E-state index contributed by atoms with van der Waals surface area (Å²) in [5.41, 5.74) is 2.89. The minimum atomic E-state index is -0.277. The summed E-state index contributed by atoms with van der Waals surface area (Å²) in [7, 11) is 0. The predicted octanol–water partition coefficient (Wildman–Crippen LogP) is 2.66. The van der Waals surface area contributed by atoms with Crippen molar-refractivity contribution in [2.24, 2.45) is 0 Å². The van der Waals surface area contributed by atoms with E-state index >= 15 is 0 Å². The Morgan fingerprint density at radius 1 is 1.13 bits per heavy atom. The summed E-state index contributed by atoms with van der Waals surface area (Å²) in [6.07, 6.45) is 1.83. The van der Waals surface area contributed by atoms with E-state index in [2.05, 4.69) is 20.3 Å². The normalized spacial score (nSPS) is 14.2. The first kappa shape index (κ1) is 19.3. The SMILES string of the molecule is CCNC(=O)c1cc2nc(-n3ccc(-c4ccccc4)n3)nc(N3CCOCC3)c2o1. The van der Waals surface area contributed by atoms with Gasteiger partial charge in [-0.15, -0.1) is 0 Å². The topological polar surface area (TPSA) is 98.3 Å². The van der Waals surface area contributed by atoms with Crippen molar-refractivity contribution in [2.75, 3.05) is 37.7 Å². The molecule has 1 saturated heterocycles. The molecule has 1 aliphatic rings. The van der Waals surface area contributed by atoms with Crippen molar-refractivity contribution >= 4 is 22.8 Å². The van der Waals surface area contributed by atoms with Crippen LogP contribution >= 0.6 is 0 Å². The Bertz CT molecular complexity index is 1210. The molecule has 9 heteroatoms. The number of hydrogen-bond acceptors (Lipinski definition) is 7. The number of benzene rings is 1. The Hall–Kier alpha value is -3.72. The van der Waals surface area contributed by atoms with Crippen molar-refractivity contribution in [1.29, 1.82) is 0 Å². The van der Waals surface area contributed by atoms with E-state index < -0.39 is 0 Å². The van der Waals surface area contributed by atoms with Crippen molar-refractivity contribution < 1.29 is 13.9 Å². The highest BCUT2D eigenvalue weighted by Crippen LogP contribution is 2.29. The molecule has 5 rings (SSSR count). The third-order valence-electron chi connectivity index (χ3n) is 5.08. The first-order valence-corrected chi connectivity index (χ1v) is 10.3. The van der Waals surface area contributed by atoms with Crippen LogP contribution in [0, 0.1) is 0 Å². The molecule has 4 aromatic rings.